The van der Waals surface area contributed by atoms with Gasteiger partial charge in [-0.3, -0.25) is 9.59 Å². The van der Waals surface area contributed by atoms with E-state index >= 15 is 0 Å². The smallest absolute Gasteiger partial charge is 0.335 e. The molecule has 1 amide bonds. The summed E-state index contributed by atoms with van der Waals surface area (Å²) in [5, 5.41) is 64.0. The fourth-order valence-electron chi connectivity index (χ4n) is 6.52. The van der Waals surface area contributed by atoms with Gasteiger partial charge in [-0.2, -0.15) is 0 Å². The monoisotopic (exact) mass is 734 g/mol. The van der Waals surface area contributed by atoms with E-state index < -0.39 is 67.1 Å². The largest absolute Gasteiger partial charge is 0.479 e. The summed E-state index contributed by atoms with van der Waals surface area (Å²) in [6, 6.07) is 24.2. The quantitative estimate of drug-likeness (QED) is 0.0931. The normalized spacial score (nSPS) is 21.2. The predicted molar refractivity (Wildman–Crippen MR) is 190 cm³/mol. The molecule has 0 saturated carbocycles. The van der Waals surface area contributed by atoms with Crippen LogP contribution in [-0.2, 0) is 25.6 Å². The number of carboxylic acid groups (broad SMARTS) is 1. The molecule has 3 aromatic carbocycles. The number of esters is 1. The molecule has 7 atom stereocenters. The maximum atomic E-state index is 14.2. The third-order valence-electron chi connectivity index (χ3n) is 8.98. The van der Waals surface area contributed by atoms with Gasteiger partial charge in [0.2, 0.25) is 6.29 Å². The number of carbonyl (C=O) groups is 3. The number of nitrogens with one attached hydrogen (secondary N) is 1. The Morgan fingerprint density at radius 1 is 0.849 bits per heavy atom. The number of hydrogen-bond acceptors (Lipinski definition) is 10. The highest BCUT2D eigenvalue weighted by atomic mass is 19.1. The number of aromatic nitrogens is 1. The Morgan fingerprint density at radius 2 is 1.47 bits per heavy atom. The van der Waals surface area contributed by atoms with Crippen molar-refractivity contribution >= 4 is 23.5 Å². The molecule has 3 unspecified atom stereocenters. The van der Waals surface area contributed by atoms with Gasteiger partial charge in [-0.1, -0.05) is 62.4 Å². The molecular formula is C39H43FN2O11. The minimum absolute atomic E-state index is 0.0531. The van der Waals surface area contributed by atoms with Gasteiger partial charge in [0.05, 0.1) is 29.9 Å². The molecule has 282 valence electrons. The minimum Gasteiger partial charge on any atom is -0.479 e. The number of para-hydroxylation sites is 1. The number of carbonyl (C=O) groups excluding carboxylic acids is 2. The topological polar surface area (TPSA) is 208 Å². The molecule has 1 aliphatic heterocycles. The van der Waals surface area contributed by atoms with Crippen molar-refractivity contribution in [1.82, 2.24) is 4.57 Å². The third kappa shape index (κ3) is 9.16. The summed E-state index contributed by atoms with van der Waals surface area (Å²) in [4.78, 5) is 38.2. The number of anilines is 1. The Hall–Kier alpha value is -4.96. The lowest BCUT2D eigenvalue weighted by atomic mass is 9.94. The van der Waals surface area contributed by atoms with Crippen LogP contribution < -0.4 is 5.32 Å². The Kier molecular flexibility index (Phi) is 12.8. The van der Waals surface area contributed by atoms with Crippen molar-refractivity contribution in [2.75, 3.05) is 5.32 Å². The number of rotatable bonds is 14. The Bertz CT molecular complexity index is 1870. The lowest BCUT2D eigenvalue weighted by Crippen LogP contribution is -2.60. The first-order valence-electron chi connectivity index (χ1n) is 17.2. The molecule has 7 N–H and O–H groups in total. The van der Waals surface area contributed by atoms with Crippen LogP contribution in [0, 0.1) is 5.82 Å². The van der Waals surface area contributed by atoms with E-state index in [0.717, 1.165) is 5.56 Å². The van der Waals surface area contributed by atoms with Crippen LogP contribution >= 0.6 is 0 Å². The summed E-state index contributed by atoms with van der Waals surface area (Å²) in [7, 11) is 0. The van der Waals surface area contributed by atoms with E-state index in [1.807, 2.05) is 54.8 Å². The molecular weight excluding hydrogens is 691 g/mol. The number of aliphatic carboxylic acids is 1. The number of aliphatic hydroxyl groups excluding tert-OH is 5. The molecule has 1 saturated heterocycles. The van der Waals surface area contributed by atoms with Gasteiger partial charge >= 0.3 is 11.9 Å². The van der Waals surface area contributed by atoms with Crippen LogP contribution in [0.25, 0.3) is 22.4 Å². The number of aliphatic hydroxyl groups is 5. The van der Waals surface area contributed by atoms with Crippen molar-refractivity contribution in [3.05, 3.63) is 102 Å². The van der Waals surface area contributed by atoms with Crippen LogP contribution in [0.4, 0.5) is 10.1 Å². The molecule has 0 bridgehead atoms. The zero-order valence-corrected chi connectivity index (χ0v) is 29.1. The predicted octanol–water partition coefficient (Wildman–Crippen LogP) is 3.66. The van der Waals surface area contributed by atoms with Crippen molar-refractivity contribution in [3.63, 3.8) is 0 Å². The maximum absolute atomic E-state index is 14.2. The first-order chi connectivity index (χ1) is 25.3. The molecule has 5 rings (SSSR count). The van der Waals surface area contributed by atoms with Crippen LogP contribution in [0.15, 0.2) is 84.9 Å². The van der Waals surface area contributed by atoms with Gasteiger partial charge in [-0.15, -0.1) is 0 Å². The van der Waals surface area contributed by atoms with Crippen LogP contribution in [0.3, 0.4) is 0 Å². The maximum Gasteiger partial charge on any atom is 0.335 e. The Morgan fingerprint density at radius 3 is 2.08 bits per heavy atom. The Labute approximate surface area is 304 Å². The number of ether oxygens (including phenoxy) is 2. The number of nitrogens with zero attached hydrogens (tertiary/aromatic N) is 1. The van der Waals surface area contributed by atoms with Gasteiger partial charge in [0.25, 0.3) is 5.91 Å². The summed E-state index contributed by atoms with van der Waals surface area (Å²) < 4.78 is 26.0. The molecule has 0 radical (unpaired) electrons. The molecule has 1 aliphatic rings. The SMILES string of the molecule is CC(C)c1c(C(=O)Nc2ccccc2)c(-c2ccccc2)c(-c2ccc(F)cc2)n1CC[C@@H](O)C[C@@H](O)CC(=O)O[C@H]1OC(C(=O)O)[C@H](O)C(O)C1O. The fourth-order valence-corrected chi connectivity index (χ4v) is 6.52. The van der Waals surface area contributed by atoms with E-state index in [9.17, 15) is 49.4 Å². The molecule has 0 spiro atoms. The number of benzene rings is 3. The summed E-state index contributed by atoms with van der Waals surface area (Å²) in [6.45, 7) is 4.02. The van der Waals surface area contributed by atoms with E-state index in [1.54, 1.807) is 36.4 Å². The van der Waals surface area contributed by atoms with Crippen LogP contribution in [-0.4, -0.2) is 96.0 Å². The van der Waals surface area contributed by atoms with Crippen molar-refractivity contribution in [1.29, 1.82) is 0 Å². The minimum atomic E-state index is -1.98. The zero-order valence-electron chi connectivity index (χ0n) is 29.1. The number of amides is 1. The molecule has 13 nitrogen and oxygen atoms in total. The zero-order chi connectivity index (χ0) is 38.4. The molecule has 2 heterocycles. The highest BCUT2D eigenvalue weighted by Gasteiger charge is 2.48. The van der Waals surface area contributed by atoms with Gasteiger partial charge in [0.15, 0.2) is 6.10 Å². The molecule has 53 heavy (non-hydrogen) atoms. The van der Waals surface area contributed by atoms with E-state index in [0.29, 0.717) is 33.8 Å². The average Bonchev–Trinajstić information content (AvgIpc) is 3.47. The van der Waals surface area contributed by atoms with Crippen molar-refractivity contribution in [2.24, 2.45) is 0 Å². The summed E-state index contributed by atoms with van der Waals surface area (Å²) in [5.41, 5.74) is 4.24. The first-order valence-corrected chi connectivity index (χ1v) is 17.2. The van der Waals surface area contributed by atoms with Gasteiger partial charge < -0.3 is 50.0 Å². The number of halogens is 1. The second kappa shape index (κ2) is 17.2. The van der Waals surface area contributed by atoms with Crippen LogP contribution in [0.1, 0.15) is 55.1 Å². The van der Waals surface area contributed by atoms with Crippen molar-refractivity contribution in [3.8, 4) is 22.4 Å². The van der Waals surface area contributed by atoms with Crippen LogP contribution in [0.2, 0.25) is 0 Å². The Balaban J connectivity index is 1.41. The summed E-state index contributed by atoms with van der Waals surface area (Å²) in [5.74, 6) is -3.78. The molecule has 0 aliphatic carbocycles. The second-order valence-corrected chi connectivity index (χ2v) is 13.2. The lowest BCUT2D eigenvalue weighted by molar-refractivity contribution is -0.286. The molecule has 1 fully saturated rings. The van der Waals surface area contributed by atoms with E-state index in [-0.39, 0.29) is 31.2 Å². The number of carboxylic acids is 1. The van der Waals surface area contributed by atoms with E-state index in [1.165, 1.54) is 12.1 Å². The fraction of sp³-hybridized carbons (Fsp3) is 0.359. The van der Waals surface area contributed by atoms with E-state index in [2.05, 4.69) is 5.32 Å². The van der Waals surface area contributed by atoms with Gasteiger partial charge in [-0.25, -0.2) is 9.18 Å². The molecule has 14 heteroatoms. The summed E-state index contributed by atoms with van der Waals surface area (Å²) >= 11 is 0. The van der Waals surface area contributed by atoms with Crippen LogP contribution in [0.5, 0.6) is 0 Å². The highest BCUT2D eigenvalue weighted by molar-refractivity contribution is 6.12. The van der Waals surface area contributed by atoms with Crippen molar-refractivity contribution in [2.45, 2.75) is 88.5 Å². The third-order valence-corrected chi connectivity index (χ3v) is 8.98. The van der Waals surface area contributed by atoms with Gasteiger partial charge in [0, 0.05) is 23.5 Å². The molecule has 4 aromatic rings. The van der Waals surface area contributed by atoms with Gasteiger partial charge in [-0.05, 0) is 66.3 Å². The summed E-state index contributed by atoms with van der Waals surface area (Å²) in [6.07, 6.45) is -13.4. The highest BCUT2D eigenvalue weighted by Crippen LogP contribution is 2.42. The standard InChI is InChI=1S/C39H43FN2O11/c1-21(2)31-30(37(49)41-25-11-7-4-8-12-25)29(22-9-5-3-6-10-22)32(23-13-15-24(40)16-14-23)42(31)18-17-26(43)19-27(44)20-28(45)52-39-35(48)33(46)34(47)36(53-39)38(50)51/h3-16,21,26-27,33-36,39,43-44,46-48H,17-20H2,1-2H3,(H,41,49)(H,50,51)/t26-,27-,33?,34-,35?,36?,39+/m1/s1. The lowest BCUT2D eigenvalue weighted by Gasteiger charge is -2.38. The molecule has 1 aromatic heterocycles. The van der Waals surface area contributed by atoms with Gasteiger partial charge in [0.1, 0.15) is 24.1 Å². The first kappa shape index (κ1) is 39.3. The average molecular weight is 735 g/mol. The van der Waals surface area contributed by atoms with Crippen molar-refractivity contribution < 1.29 is 58.9 Å². The second-order valence-electron chi connectivity index (χ2n) is 13.2. The number of hydrogen-bond donors (Lipinski definition) is 7. The van der Waals surface area contributed by atoms with E-state index in [4.69, 9.17) is 9.47 Å².